The van der Waals surface area contributed by atoms with Crippen molar-refractivity contribution in [1.29, 1.82) is 5.26 Å². The van der Waals surface area contributed by atoms with Gasteiger partial charge in [0.25, 0.3) is 0 Å². The first-order chi connectivity index (χ1) is 17.2. The van der Waals surface area contributed by atoms with E-state index in [1.54, 1.807) is 0 Å². The Morgan fingerprint density at radius 3 is 2.54 bits per heavy atom. The maximum atomic E-state index is 10.2. The molecule has 1 aliphatic heterocycles. The van der Waals surface area contributed by atoms with Gasteiger partial charge in [0, 0.05) is 27.4 Å². The number of furan rings is 1. The first-order valence-corrected chi connectivity index (χ1v) is 11.9. The second kappa shape index (κ2) is 7.22. The molecule has 0 spiro atoms. The fourth-order valence-corrected chi connectivity index (χ4v) is 5.91. The molecule has 0 saturated carbocycles. The molecule has 35 heavy (non-hydrogen) atoms. The van der Waals surface area contributed by atoms with Gasteiger partial charge in [-0.1, -0.05) is 72.8 Å². The number of nitriles is 1. The van der Waals surface area contributed by atoms with Gasteiger partial charge in [0.1, 0.15) is 11.2 Å². The van der Waals surface area contributed by atoms with Gasteiger partial charge < -0.3 is 9.32 Å². The predicted octanol–water partition coefficient (Wildman–Crippen LogP) is 8.03. The number of hydrogen-bond acceptors (Lipinski definition) is 3. The van der Waals surface area contributed by atoms with E-state index in [9.17, 15) is 5.26 Å². The van der Waals surface area contributed by atoms with Crippen molar-refractivity contribution >= 4 is 33.3 Å². The third kappa shape index (κ3) is 2.71. The van der Waals surface area contributed by atoms with Crippen LogP contribution in [0.5, 0.6) is 0 Å². The molecule has 2 unspecified atom stereocenters. The van der Waals surface area contributed by atoms with Crippen LogP contribution < -0.4 is 4.90 Å². The molecule has 0 saturated heterocycles. The van der Waals surface area contributed by atoms with E-state index in [0.29, 0.717) is 5.56 Å². The molecular weight excluding hydrogens is 428 g/mol. The van der Waals surface area contributed by atoms with Crippen molar-refractivity contribution < 1.29 is 4.42 Å². The minimum absolute atomic E-state index is 0.121. The first-order valence-electron chi connectivity index (χ1n) is 11.9. The zero-order valence-corrected chi connectivity index (χ0v) is 19.3. The van der Waals surface area contributed by atoms with E-state index in [4.69, 9.17) is 4.42 Å². The van der Waals surface area contributed by atoms with Gasteiger partial charge in [0.05, 0.1) is 23.4 Å². The number of anilines is 2. The van der Waals surface area contributed by atoms with E-state index in [2.05, 4.69) is 90.7 Å². The Hall–Kier alpha value is -4.55. The summed E-state index contributed by atoms with van der Waals surface area (Å²) >= 11 is 0. The van der Waals surface area contributed by atoms with Crippen molar-refractivity contribution in [2.45, 2.75) is 18.4 Å². The second-order valence-corrected chi connectivity index (χ2v) is 9.48. The molecule has 0 radical (unpaired) electrons. The number of rotatable bonds is 2. The SMILES string of the molecule is CC12C=CC=CC1N(c1cccc(C#N)c1-c1ccc3oc4ccccc4c3c1)c1ccccc12. The Balaban J connectivity index is 1.50. The summed E-state index contributed by atoms with van der Waals surface area (Å²) in [4.78, 5) is 2.41. The van der Waals surface area contributed by atoms with Crippen molar-refractivity contribution in [2.24, 2.45) is 0 Å². The van der Waals surface area contributed by atoms with Crippen LogP contribution in [0.1, 0.15) is 18.1 Å². The van der Waals surface area contributed by atoms with E-state index in [0.717, 1.165) is 38.8 Å². The summed E-state index contributed by atoms with van der Waals surface area (Å²) in [6.45, 7) is 2.30. The molecule has 166 valence electrons. The molecule has 0 amide bonds. The van der Waals surface area contributed by atoms with Crippen LogP contribution in [0.15, 0.2) is 114 Å². The first kappa shape index (κ1) is 19.9. The number of benzene rings is 4. The van der Waals surface area contributed by atoms with Gasteiger partial charge in [-0.15, -0.1) is 0 Å². The molecule has 1 aromatic heterocycles. The Kier molecular flexibility index (Phi) is 4.10. The van der Waals surface area contributed by atoms with Crippen molar-refractivity contribution in [1.82, 2.24) is 0 Å². The van der Waals surface area contributed by atoms with E-state index in [-0.39, 0.29) is 11.5 Å². The standard InChI is InChI=1S/C32H22N2O/c1-32-18-7-6-15-30(32)34(26-12-4-3-11-25(26)32)27-13-8-9-22(20-33)31(27)21-16-17-29-24(19-21)23-10-2-5-14-28(23)35-29/h2-19,30H,1H3. The molecular formula is C32H22N2O. The Morgan fingerprint density at radius 1 is 0.829 bits per heavy atom. The van der Waals surface area contributed by atoms with Crippen molar-refractivity contribution in [2.75, 3.05) is 4.90 Å². The van der Waals surface area contributed by atoms with Gasteiger partial charge in [-0.2, -0.15) is 5.26 Å². The third-order valence-electron chi connectivity index (χ3n) is 7.57. The molecule has 2 atom stereocenters. The molecule has 2 heterocycles. The molecule has 3 nitrogen and oxygen atoms in total. The number of allylic oxidation sites excluding steroid dienone is 2. The second-order valence-electron chi connectivity index (χ2n) is 9.48. The van der Waals surface area contributed by atoms with Crippen LogP contribution >= 0.6 is 0 Å². The fourth-order valence-electron chi connectivity index (χ4n) is 5.91. The van der Waals surface area contributed by atoms with Crippen molar-refractivity contribution in [3.63, 3.8) is 0 Å². The number of para-hydroxylation sites is 2. The summed E-state index contributed by atoms with van der Waals surface area (Å²) < 4.78 is 6.07. The van der Waals surface area contributed by atoms with Gasteiger partial charge in [0.15, 0.2) is 0 Å². The van der Waals surface area contributed by atoms with E-state index >= 15 is 0 Å². The molecule has 1 aliphatic carbocycles. The van der Waals surface area contributed by atoms with E-state index in [1.165, 1.54) is 11.3 Å². The van der Waals surface area contributed by atoms with Crippen molar-refractivity contribution in [3.8, 4) is 17.2 Å². The summed E-state index contributed by atoms with van der Waals surface area (Å²) in [7, 11) is 0. The van der Waals surface area contributed by atoms with Gasteiger partial charge in [-0.25, -0.2) is 0 Å². The summed E-state index contributed by atoms with van der Waals surface area (Å²) in [5, 5.41) is 12.3. The largest absolute Gasteiger partial charge is 0.456 e. The fraction of sp³-hybridized carbons (Fsp3) is 0.0938. The maximum absolute atomic E-state index is 10.2. The van der Waals surface area contributed by atoms with E-state index < -0.39 is 0 Å². The zero-order valence-electron chi connectivity index (χ0n) is 19.3. The van der Waals surface area contributed by atoms with Gasteiger partial charge >= 0.3 is 0 Å². The van der Waals surface area contributed by atoms with Crippen LogP contribution in [0.3, 0.4) is 0 Å². The highest BCUT2D eigenvalue weighted by Crippen LogP contribution is 2.53. The highest BCUT2D eigenvalue weighted by atomic mass is 16.3. The minimum atomic E-state index is -0.143. The van der Waals surface area contributed by atoms with Crippen LogP contribution in [-0.4, -0.2) is 6.04 Å². The monoisotopic (exact) mass is 450 g/mol. The Labute approximate surface area is 203 Å². The molecule has 5 aromatic rings. The van der Waals surface area contributed by atoms with Crippen LogP contribution in [-0.2, 0) is 5.41 Å². The van der Waals surface area contributed by atoms with Crippen molar-refractivity contribution in [3.05, 3.63) is 120 Å². The highest BCUT2D eigenvalue weighted by Gasteiger charge is 2.46. The maximum Gasteiger partial charge on any atom is 0.135 e. The summed E-state index contributed by atoms with van der Waals surface area (Å²) in [6.07, 6.45) is 8.84. The molecule has 0 fully saturated rings. The molecule has 7 rings (SSSR count). The topological polar surface area (TPSA) is 40.2 Å². The normalized spacial score (nSPS) is 20.2. The number of nitrogens with zero attached hydrogens (tertiary/aromatic N) is 2. The highest BCUT2D eigenvalue weighted by molar-refractivity contribution is 6.07. The minimum Gasteiger partial charge on any atom is -0.456 e. The lowest BCUT2D eigenvalue weighted by atomic mass is 9.76. The summed E-state index contributed by atoms with van der Waals surface area (Å²) in [6, 6.07) is 31.6. The van der Waals surface area contributed by atoms with Crippen LogP contribution in [0, 0.1) is 11.3 Å². The van der Waals surface area contributed by atoms with Crippen LogP contribution in [0.25, 0.3) is 33.1 Å². The average molecular weight is 451 g/mol. The average Bonchev–Trinajstić information content (AvgIpc) is 3.40. The Morgan fingerprint density at radius 2 is 1.63 bits per heavy atom. The Bertz CT molecular complexity index is 1750. The smallest absolute Gasteiger partial charge is 0.135 e. The predicted molar refractivity (Wildman–Crippen MR) is 142 cm³/mol. The number of hydrogen-bond donors (Lipinski definition) is 0. The van der Waals surface area contributed by atoms with E-state index in [1.807, 2.05) is 36.4 Å². The quantitative estimate of drug-likeness (QED) is 0.273. The summed E-state index contributed by atoms with van der Waals surface area (Å²) in [5.41, 5.74) is 7.73. The van der Waals surface area contributed by atoms with Crippen LogP contribution in [0.4, 0.5) is 11.4 Å². The molecule has 0 bridgehead atoms. The number of fused-ring (bicyclic) bond motifs is 6. The lowest BCUT2D eigenvalue weighted by Crippen LogP contribution is -2.39. The van der Waals surface area contributed by atoms with Gasteiger partial charge in [-0.05, 0) is 54.4 Å². The lowest BCUT2D eigenvalue weighted by Gasteiger charge is -2.35. The molecule has 0 N–H and O–H groups in total. The third-order valence-corrected chi connectivity index (χ3v) is 7.57. The van der Waals surface area contributed by atoms with Gasteiger partial charge in [-0.3, -0.25) is 0 Å². The zero-order chi connectivity index (χ0) is 23.6. The summed E-state index contributed by atoms with van der Waals surface area (Å²) in [5.74, 6) is 0. The molecule has 3 heteroatoms. The van der Waals surface area contributed by atoms with Gasteiger partial charge in [0.2, 0.25) is 0 Å². The molecule has 2 aliphatic rings. The van der Waals surface area contributed by atoms with Crippen LogP contribution in [0.2, 0.25) is 0 Å². The lowest BCUT2D eigenvalue weighted by molar-refractivity contribution is 0.551. The molecule has 4 aromatic carbocycles.